The molecule has 0 amide bonds. The molecule has 0 aliphatic heterocycles. The third-order valence-corrected chi connectivity index (χ3v) is 7.10. The van der Waals surface area contributed by atoms with Gasteiger partial charge in [0.2, 0.25) is 0 Å². The highest BCUT2D eigenvalue weighted by Gasteiger charge is 2.57. The molecular weight excluding hydrogens is 272 g/mol. The minimum Gasteiger partial charge on any atom is -0.396 e. The highest BCUT2D eigenvalue weighted by atomic mass is 16.3. The highest BCUT2D eigenvalue weighted by Crippen LogP contribution is 2.63. The highest BCUT2D eigenvalue weighted by molar-refractivity contribution is 5.81. The van der Waals surface area contributed by atoms with E-state index >= 15 is 0 Å². The van der Waals surface area contributed by atoms with Crippen molar-refractivity contribution in [3.63, 3.8) is 0 Å². The topological polar surface area (TPSA) is 37.3 Å². The van der Waals surface area contributed by atoms with E-state index in [0.717, 1.165) is 25.7 Å². The molecular formula is C20H30O2. The normalized spacial score (nSPS) is 48.2. The van der Waals surface area contributed by atoms with Gasteiger partial charge >= 0.3 is 0 Å². The molecule has 122 valence electrons. The van der Waals surface area contributed by atoms with E-state index in [4.69, 9.17) is 0 Å². The van der Waals surface area contributed by atoms with Gasteiger partial charge in [-0.1, -0.05) is 38.5 Å². The molecule has 1 N–H and O–H groups in total. The van der Waals surface area contributed by atoms with Gasteiger partial charge in [-0.3, -0.25) is 4.79 Å². The van der Waals surface area contributed by atoms with E-state index in [9.17, 15) is 9.90 Å². The number of rotatable bonds is 2. The van der Waals surface area contributed by atoms with Crippen molar-refractivity contribution in [2.75, 3.05) is 6.61 Å². The van der Waals surface area contributed by atoms with E-state index in [1.807, 2.05) is 0 Å². The summed E-state index contributed by atoms with van der Waals surface area (Å²) in [4.78, 5) is 12.4. The summed E-state index contributed by atoms with van der Waals surface area (Å²) in [5, 5.41) is 9.96. The summed E-state index contributed by atoms with van der Waals surface area (Å²) >= 11 is 0. The Kier molecular flexibility index (Phi) is 3.67. The molecule has 2 saturated carbocycles. The summed E-state index contributed by atoms with van der Waals surface area (Å²) in [6.45, 7) is 10.8. The van der Waals surface area contributed by atoms with E-state index in [1.165, 1.54) is 0 Å². The average Bonchev–Trinajstić information content (AvgIpc) is 2.45. The second-order valence-corrected chi connectivity index (χ2v) is 8.82. The van der Waals surface area contributed by atoms with Crippen LogP contribution in [0.3, 0.4) is 0 Å². The minimum absolute atomic E-state index is 0.0272. The van der Waals surface area contributed by atoms with Crippen LogP contribution in [0.5, 0.6) is 0 Å². The molecule has 5 atom stereocenters. The Bertz CT molecular complexity index is 534. The van der Waals surface area contributed by atoms with Gasteiger partial charge in [0.05, 0.1) is 0 Å². The number of hydrogen-bond acceptors (Lipinski definition) is 2. The lowest BCUT2D eigenvalue weighted by Gasteiger charge is -2.59. The first-order valence-corrected chi connectivity index (χ1v) is 8.74. The molecule has 22 heavy (non-hydrogen) atoms. The van der Waals surface area contributed by atoms with Crippen molar-refractivity contribution >= 4 is 5.78 Å². The Morgan fingerprint density at radius 3 is 2.68 bits per heavy atom. The Morgan fingerprint density at radius 1 is 1.32 bits per heavy atom. The van der Waals surface area contributed by atoms with E-state index in [2.05, 4.69) is 39.5 Å². The molecule has 3 rings (SSSR count). The van der Waals surface area contributed by atoms with Gasteiger partial charge in [-0.2, -0.15) is 0 Å². The number of ketones is 1. The first-order chi connectivity index (χ1) is 10.3. The van der Waals surface area contributed by atoms with Crippen LogP contribution >= 0.6 is 0 Å². The molecule has 5 unspecified atom stereocenters. The van der Waals surface area contributed by atoms with Gasteiger partial charge in [0.1, 0.15) is 5.78 Å². The summed E-state index contributed by atoms with van der Waals surface area (Å²) in [7, 11) is 0. The molecule has 2 nitrogen and oxygen atoms in total. The minimum atomic E-state index is -0.227. The van der Waals surface area contributed by atoms with Crippen molar-refractivity contribution in [2.45, 2.75) is 59.3 Å². The van der Waals surface area contributed by atoms with Crippen molar-refractivity contribution in [3.8, 4) is 0 Å². The Hall–Kier alpha value is -0.890. The van der Waals surface area contributed by atoms with E-state index < -0.39 is 0 Å². The van der Waals surface area contributed by atoms with Crippen LogP contribution in [0.4, 0.5) is 0 Å². The number of hydrogen-bond donors (Lipinski definition) is 1. The van der Waals surface area contributed by atoms with E-state index in [1.54, 1.807) is 5.57 Å². The van der Waals surface area contributed by atoms with Gasteiger partial charge in [0, 0.05) is 30.3 Å². The van der Waals surface area contributed by atoms with Crippen LogP contribution < -0.4 is 0 Å². The van der Waals surface area contributed by atoms with Crippen LogP contribution in [0.2, 0.25) is 0 Å². The maximum absolute atomic E-state index is 12.4. The largest absolute Gasteiger partial charge is 0.396 e. The predicted octanol–water partition coefficient (Wildman–Crippen LogP) is 4.29. The molecule has 0 aromatic rings. The van der Waals surface area contributed by atoms with Crippen molar-refractivity contribution in [2.24, 2.45) is 28.1 Å². The first-order valence-electron chi connectivity index (χ1n) is 8.74. The lowest BCUT2D eigenvalue weighted by Crippen LogP contribution is -2.55. The number of fused-ring (bicyclic) bond motifs is 3. The first kappa shape index (κ1) is 16.0. The van der Waals surface area contributed by atoms with Crippen LogP contribution in [-0.4, -0.2) is 17.5 Å². The zero-order chi connectivity index (χ0) is 16.2. The smallest absolute Gasteiger partial charge is 0.134 e. The quantitative estimate of drug-likeness (QED) is 0.772. The molecule has 0 spiro atoms. The Balaban J connectivity index is 2.01. The van der Waals surface area contributed by atoms with Gasteiger partial charge in [-0.25, -0.2) is 0 Å². The van der Waals surface area contributed by atoms with Gasteiger partial charge in [-0.05, 0) is 42.9 Å². The molecule has 3 aliphatic rings. The summed E-state index contributed by atoms with van der Waals surface area (Å²) in [5.74, 6) is 1.31. The average molecular weight is 302 g/mol. The van der Waals surface area contributed by atoms with Gasteiger partial charge < -0.3 is 5.11 Å². The Morgan fingerprint density at radius 2 is 2.05 bits per heavy atom. The van der Waals surface area contributed by atoms with Crippen molar-refractivity contribution in [1.82, 2.24) is 0 Å². The van der Waals surface area contributed by atoms with E-state index in [-0.39, 0.29) is 22.9 Å². The van der Waals surface area contributed by atoms with Crippen LogP contribution in [-0.2, 0) is 4.79 Å². The van der Waals surface area contributed by atoms with Crippen molar-refractivity contribution in [1.29, 1.82) is 0 Å². The standard InChI is InChI=1S/C20H30O2/c1-5-18(2)9-8-16-14(10-18)6-7-17-19(3,13-21)11-15(22)12-20(16,17)4/h5,10,16-17,21H,1,6-9,11-13H2,2-4H3. The fourth-order valence-electron chi connectivity index (χ4n) is 5.90. The van der Waals surface area contributed by atoms with Crippen LogP contribution in [0.1, 0.15) is 59.3 Å². The van der Waals surface area contributed by atoms with E-state index in [0.29, 0.717) is 30.5 Å². The fourth-order valence-corrected chi connectivity index (χ4v) is 5.90. The number of carbonyl (C=O) groups excluding carboxylic acids is 1. The summed E-state index contributed by atoms with van der Waals surface area (Å²) in [5.41, 5.74) is 1.46. The summed E-state index contributed by atoms with van der Waals surface area (Å²) < 4.78 is 0. The molecule has 0 bridgehead atoms. The maximum atomic E-state index is 12.4. The molecule has 0 heterocycles. The third kappa shape index (κ3) is 2.22. The van der Waals surface area contributed by atoms with Crippen molar-refractivity contribution < 1.29 is 9.90 Å². The van der Waals surface area contributed by atoms with Gasteiger partial charge in [0.15, 0.2) is 0 Å². The second-order valence-electron chi connectivity index (χ2n) is 8.82. The monoisotopic (exact) mass is 302 g/mol. The zero-order valence-electron chi connectivity index (χ0n) is 14.3. The maximum Gasteiger partial charge on any atom is 0.134 e. The SMILES string of the molecule is C=CC1(C)C=C2CCC3C(C)(CO)CC(=O)CC3(C)C2CC1. The molecule has 0 aromatic heterocycles. The number of allylic oxidation sites excluding steroid dienone is 3. The predicted molar refractivity (Wildman–Crippen MR) is 89.4 cm³/mol. The number of carbonyl (C=O) groups is 1. The van der Waals surface area contributed by atoms with Gasteiger partial charge in [0.25, 0.3) is 0 Å². The third-order valence-electron chi connectivity index (χ3n) is 7.10. The van der Waals surface area contributed by atoms with Gasteiger partial charge in [-0.15, -0.1) is 6.58 Å². The molecule has 0 saturated heterocycles. The molecule has 2 heteroatoms. The van der Waals surface area contributed by atoms with Crippen LogP contribution in [0.15, 0.2) is 24.3 Å². The van der Waals surface area contributed by atoms with Crippen molar-refractivity contribution in [3.05, 3.63) is 24.3 Å². The summed E-state index contributed by atoms with van der Waals surface area (Å²) in [6, 6.07) is 0. The second kappa shape index (κ2) is 5.06. The molecule has 3 aliphatic carbocycles. The van der Waals surface area contributed by atoms with Crippen LogP contribution in [0.25, 0.3) is 0 Å². The van der Waals surface area contributed by atoms with Crippen LogP contribution in [0, 0.1) is 28.1 Å². The number of aliphatic hydroxyl groups excluding tert-OH is 1. The number of Topliss-reactive ketones (excluding diaryl/α,β-unsaturated/α-hetero) is 1. The molecule has 2 fully saturated rings. The zero-order valence-corrected chi connectivity index (χ0v) is 14.3. The fraction of sp³-hybridized carbons (Fsp3) is 0.750. The summed E-state index contributed by atoms with van der Waals surface area (Å²) in [6.07, 6.45) is 10.3. The lowest BCUT2D eigenvalue weighted by molar-refractivity contribution is -0.144. The Labute approximate surface area is 134 Å². The molecule has 0 radical (unpaired) electrons. The lowest BCUT2D eigenvalue weighted by atomic mass is 9.45. The molecule has 0 aromatic carbocycles. The number of aliphatic hydroxyl groups is 1.